The molecule has 0 aliphatic carbocycles. The molecule has 0 spiro atoms. The third kappa shape index (κ3) is 4.55. The minimum absolute atomic E-state index is 0.0440. The zero-order chi connectivity index (χ0) is 22.0. The molecule has 1 fully saturated rings. The summed E-state index contributed by atoms with van der Waals surface area (Å²) in [5.41, 5.74) is 2.17. The van der Waals surface area contributed by atoms with Gasteiger partial charge in [-0.25, -0.2) is 4.98 Å². The monoisotopic (exact) mass is 420 g/mol. The number of nitro benzene ring substituents is 1. The van der Waals surface area contributed by atoms with E-state index in [-0.39, 0.29) is 11.3 Å². The van der Waals surface area contributed by atoms with E-state index >= 15 is 0 Å². The minimum atomic E-state index is -0.419. The molecule has 1 aromatic heterocycles. The van der Waals surface area contributed by atoms with Crippen molar-refractivity contribution in [3.05, 3.63) is 64.0 Å². The maximum absolute atomic E-state index is 12.7. The molecule has 2 N–H and O–H groups in total. The van der Waals surface area contributed by atoms with E-state index in [1.54, 1.807) is 36.4 Å². The fourth-order valence-corrected chi connectivity index (χ4v) is 3.71. The highest BCUT2D eigenvalue weighted by Crippen LogP contribution is 2.32. The Labute approximate surface area is 179 Å². The maximum Gasteiger partial charge on any atom is 0.293 e. The molecule has 31 heavy (non-hydrogen) atoms. The van der Waals surface area contributed by atoms with Crippen molar-refractivity contribution in [3.63, 3.8) is 0 Å². The van der Waals surface area contributed by atoms with Crippen LogP contribution in [0.3, 0.4) is 0 Å². The molecule has 1 aliphatic heterocycles. The van der Waals surface area contributed by atoms with Gasteiger partial charge in [-0.1, -0.05) is 6.92 Å². The van der Waals surface area contributed by atoms with E-state index in [1.807, 2.05) is 11.8 Å². The summed E-state index contributed by atoms with van der Waals surface area (Å²) in [6.45, 7) is 5.58. The number of H-pyrrole nitrogens is 1. The SMILES string of the molecule is Cc1nc(-c2ccc(NC(=O)c3ccc(N4CCC(C)CC4)c([N+](=O)[O-])c3)cc2)n[nH]1. The second-order valence-corrected chi connectivity index (χ2v) is 7.91. The van der Waals surface area contributed by atoms with Crippen LogP contribution in [-0.2, 0) is 0 Å². The lowest BCUT2D eigenvalue weighted by Crippen LogP contribution is -2.33. The van der Waals surface area contributed by atoms with E-state index in [9.17, 15) is 14.9 Å². The Morgan fingerprint density at radius 3 is 2.52 bits per heavy atom. The molecule has 160 valence electrons. The Hall–Kier alpha value is -3.75. The molecule has 0 unspecified atom stereocenters. The maximum atomic E-state index is 12.7. The Kier molecular flexibility index (Phi) is 5.66. The lowest BCUT2D eigenvalue weighted by Gasteiger charge is -2.31. The molecular weight excluding hydrogens is 396 g/mol. The molecule has 0 saturated carbocycles. The Balaban J connectivity index is 1.50. The highest BCUT2D eigenvalue weighted by molar-refractivity contribution is 6.05. The van der Waals surface area contributed by atoms with E-state index in [0.717, 1.165) is 37.3 Å². The molecule has 0 atom stereocenters. The number of piperidine rings is 1. The standard InChI is InChI=1S/C22H24N6O3/c1-14-9-11-27(12-10-14)19-8-5-17(13-20(19)28(30)31)22(29)24-18-6-3-16(4-7-18)21-23-15(2)25-26-21/h3-8,13-14H,9-12H2,1-2H3,(H,24,29)(H,23,25,26). The number of aryl methyl sites for hydroxylation is 1. The number of amides is 1. The van der Waals surface area contributed by atoms with Gasteiger partial charge in [-0.05, 0) is 62.1 Å². The number of nitrogens with zero attached hydrogens (tertiary/aromatic N) is 4. The van der Waals surface area contributed by atoms with Crippen LogP contribution in [0.15, 0.2) is 42.5 Å². The lowest BCUT2D eigenvalue weighted by atomic mass is 9.98. The van der Waals surface area contributed by atoms with Gasteiger partial charge in [0.1, 0.15) is 11.5 Å². The second-order valence-electron chi connectivity index (χ2n) is 7.91. The normalized spacial score (nSPS) is 14.5. The number of aromatic amines is 1. The molecule has 1 saturated heterocycles. The summed E-state index contributed by atoms with van der Waals surface area (Å²) in [6, 6.07) is 11.8. The summed E-state index contributed by atoms with van der Waals surface area (Å²) in [4.78, 5) is 30.3. The molecule has 1 amide bonds. The first-order valence-electron chi connectivity index (χ1n) is 10.2. The molecule has 9 nitrogen and oxygen atoms in total. The molecule has 4 rings (SSSR count). The van der Waals surface area contributed by atoms with E-state index in [1.165, 1.54) is 6.07 Å². The van der Waals surface area contributed by atoms with Gasteiger partial charge >= 0.3 is 0 Å². The predicted molar refractivity (Wildman–Crippen MR) is 118 cm³/mol. The van der Waals surface area contributed by atoms with E-state index in [4.69, 9.17) is 0 Å². The third-order valence-electron chi connectivity index (χ3n) is 5.56. The van der Waals surface area contributed by atoms with Gasteiger partial charge in [0, 0.05) is 36.0 Å². The summed E-state index contributed by atoms with van der Waals surface area (Å²) in [5, 5.41) is 21.4. The van der Waals surface area contributed by atoms with Crippen LogP contribution in [0.4, 0.5) is 17.1 Å². The topological polar surface area (TPSA) is 117 Å². The molecule has 2 aromatic carbocycles. The van der Waals surface area contributed by atoms with Crippen molar-refractivity contribution in [1.29, 1.82) is 0 Å². The summed E-state index contributed by atoms with van der Waals surface area (Å²) < 4.78 is 0. The van der Waals surface area contributed by atoms with Crippen LogP contribution < -0.4 is 10.2 Å². The molecule has 3 aromatic rings. The summed E-state index contributed by atoms with van der Waals surface area (Å²) >= 11 is 0. The number of carbonyl (C=O) groups excluding carboxylic acids is 1. The smallest absolute Gasteiger partial charge is 0.293 e. The first-order valence-corrected chi connectivity index (χ1v) is 10.2. The first kappa shape index (κ1) is 20.5. The van der Waals surface area contributed by atoms with Crippen molar-refractivity contribution < 1.29 is 9.72 Å². The van der Waals surface area contributed by atoms with Crippen molar-refractivity contribution >= 4 is 23.0 Å². The zero-order valence-corrected chi connectivity index (χ0v) is 17.5. The van der Waals surface area contributed by atoms with Gasteiger partial charge in [-0.3, -0.25) is 20.0 Å². The molecular formula is C22H24N6O3. The lowest BCUT2D eigenvalue weighted by molar-refractivity contribution is -0.384. The average molecular weight is 420 g/mol. The number of hydrogen-bond acceptors (Lipinski definition) is 6. The van der Waals surface area contributed by atoms with Gasteiger partial charge in [-0.2, -0.15) is 5.10 Å². The molecule has 0 bridgehead atoms. The van der Waals surface area contributed by atoms with Crippen LogP contribution in [0, 0.1) is 23.0 Å². The molecule has 0 radical (unpaired) electrons. The predicted octanol–water partition coefficient (Wildman–Crippen LogP) is 4.18. The summed E-state index contributed by atoms with van der Waals surface area (Å²) in [6.07, 6.45) is 2.01. The Morgan fingerprint density at radius 1 is 1.19 bits per heavy atom. The zero-order valence-electron chi connectivity index (χ0n) is 17.5. The van der Waals surface area contributed by atoms with Gasteiger partial charge in [0.25, 0.3) is 11.6 Å². The van der Waals surface area contributed by atoms with Gasteiger partial charge in [-0.15, -0.1) is 0 Å². The summed E-state index contributed by atoms with van der Waals surface area (Å²) in [7, 11) is 0. The van der Waals surface area contributed by atoms with Gasteiger partial charge in [0.2, 0.25) is 0 Å². The fraction of sp³-hybridized carbons (Fsp3) is 0.318. The Morgan fingerprint density at radius 2 is 1.90 bits per heavy atom. The number of rotatable bonds is 5. The van der Waals surface area contributed by atoms with Crippen molar-refractivity contribution in [2.45, 2.75) is 26.7 Å². The number of benzene rings is 2. The van der Waals surface area contributed by atoms with Crippen molar-refractivity contribution in [1.82, 2.24) is 15.2 Å². The van der Waals surface area contributed by atoms with Crippen LogP contribution in [0.25, 0.3) is 11.4 Å². The highest BCUT2D eigenvalue weighted by Gasteiger charge is 2.24. The van der Waals surface area contributed by atoms with Gasteiger partial charge in [0.05, 0.1) is 4.92 Å². The number of nitrogens with one attached hydrogen (secondary N) is 2. The van der Waals surface area contributed by atoms with Crippen LogP contribution in [0.1, 0.15) is 35.9 Å². The number of nitro groups is 1. The van der Waals surface area contributed by atoms with Crippen molar-refractivity contribution in [2.75, 3.05) is 23.3 Å². The highest BCUT2D eigenvalue weighted by atomic mass is 16.6. The number of carbonyl (C=O) groups is 1. The van der Waals surface area contributed by atoms with Crippen LogP contribution >= 0.6 is 0 Å². The van der Waals surface area contributed by atoms with Gasteiger partial charge < -0.3 is 10.2 Å². The molecule has 1 aliphatic rings. The van der Waals surface area contributed by atoms with E-state index in [2.05, 4.69) is 27.4 Å². The first-order chi connectivity index (χ1) is 14.9. The van der Waals surface area contributed by atoms with E-state index in [0.29, 0.717) is 23.1 Å². The van der Waals surface area contributed by atoms with Crippen LogP contribution in [0.5, 0.6) is 0 Å². The quantitative estimate of drug-likeness (QED) is 0.472. The van der Waals surface area contributed by atoms with Gasteiger partial charge in [0.15, 0.2) is 5.82 Å². The van der Waals surface area contributed by atoms with Crippen LogP contribution in [0.2, 0.25) is 0 Å². The molecule has 9 heteroatoms. The third-order valence-corrected chi connectivity index (χ3v) is 5.56. The minimum Gasteiger partial charge on any atom is -0.366 e. The van der Waals surface area contributed by atoms with Crippen molar-refractivity contribution in [3.8, 4) is 11.4 Å². The molecule has 2 heterocycles. The number of anilines is 2. The number of aromatic nitrogens is 3. The average Bonchev–Trinajstić information content (AvgIpc) is 3.20. The Bertz CT molecular complexity index is 1100. The largest absolute Gasteiger partial charge is 0.366 e. The van der Waals surface area contributed by atoms with E-state index < -0.39 is 10.8 Å². The van der Waals surface area contributed by atoms with Crippen LogP contribution in [-0.4, -0.2) is 39.1 Å². The van der Waals surface area contributed by atoms with Crippen molar-refractivity contribution in [2.24, 2.45) is 5.92 Å². The number of hydrogen-bond donors (Lipinski definition) is 2. The summed E-state index contributed by atoms with van der Waals surface area (Å²) in [5.74, 6) is 1.52. The fourth-order valence-electron chi connectivity index (χ4n) is 3.71. The second kappa shape index (κ2) is 8.55.